The summed E-state index contributed by atoms with van der Waals surface area (Å²) >= 11 is 0. The Morgan fingerprint density at radius 3 is 2.23 bits per heavy atom. The minimum atomic E-state index is -3.81. The molecule has 0 aromatic heterocycles. The lowest BCUT2D eigenvalue weighted by Crippen LogP contribution is -2.17. The molecular formula is C19H23NO5S. The topological polar surface area (TPSA) is 92.7 Å². The molecule has 0 fully saturated rings. The molecule has 0 radical (unpaired) electrons. The Hall–Kier alpha value is -2.54. The Labute approximate surface area is 153 Å². The molecule has 0 atom stereocenters. The lowest BCUT2D eigenvalue weighted by atomic mass is 9.86. The summed E-state index contributed by atoms with van der Waals surface area (Å²) in [6.07, 6.45) is 0. The number of ether oxygens (including phenoxy) is 1. The number of sulfonamides is 1. The van der Waals surface area contributed by atoms with Crippen LogP contribution in [0.2, 0.25) is 0 Å². The van der Waals surface area contributed by atoms with Crippen LogP contribution in [0.5, 0.6) is 5.75 Å². The van der Waals surface area contributed by atoms with Crippen LogP contribution in [0, 0.1) is 0 Å². The van der Waals surface area contributed by atoms with Crippen molar-refractivity contribution in [1.29, 1.82) is 0 Å². The Morgan fingerprint density at radius 2 is 1.73 bits per heavy atom. The molecule has 2 aromatic rings. The molecule has 0 bridgehead atoms. The quantitative estimate of drug-likeness (QED) is 0.797. The Morgan fingerprint density at radius 1 is 1.12 bits per heavy atom. The van der Waals surface area contributed by atoms with E-state index in [4.69, 9.17) is 9.84 Å². The van der Waals surface area contributed by atoms with Crippen molar-refractivity contribution in [3.63, 3.8) is 0 Å². The van der Waals surface area contributed by atoms with Crippen molar-refractivity contribution < 1.29 is 23.1 Å². The number of hydrogen-bond donors (Lipinski definition) is 2. The van der Waals surface area contributed by atoms with Crippen LogP contribution in [-0.4, -0.2) is 26.1 Å². The average molecular weight is 377 g/mol. The molecule has 2 rings (SSSR count). The summed E-state index contributed by atoms with van der Waals surface area (Å²) in [6, 6.07) is 10.3. The molecule has 140 valence electrons. The zero-order valence-corrected chi connectivity index (χ0v) is 16.1. The van der Waals surface area contributed by atoms with Crippen LogP contribution in [0.4, 0.5) is 5.69 Å². The fourth-order valence-electron chi connectivity index (χ4n) is 2.44. The first-order valence-corrected chi connectivity index (χ1v) is 9.66. The molecule has 0 aliphatic heterocycles. The summed E-state index contributed by atoms with van der Waals surface area (Å²) in [7, 11) is -3.81. The van der Waals surface area contributed by atoms with Crippen LogP contribution >= 0.6 is 0 Å². The van der Waals surface area contributed by atoms with E-state index in [2.05, 4.69) is 4.72 Å². The number of carboxylic acid groups (broad SMARTS) is 1. The molecule has 0 unspecified atom stereocenters. The molecule has 0 amide bonds. The Balaban J connectivity index is 2.37. The molecule has 0 heterocycles. The van der Waals surface area contributed by atoms with E-state index >= 15 is 0 Å². The predicted molar refractivity (Wildman–Crippen MR) is 101 cm³/mol. The van der Waals surface area contributed by atoms with E-state index in [0.29, 0.717) is 18.0 Å². The third-order valence-electron chi connectivity index (χ3n) is 3.75. The summed E-state index contributed by atoms with van der Waals surface area (Å²) in [4.78, 5) is 11.0. The van der Waals surface area contributed by atoms with Gasteiger partial charge in [-0.05, 0) is 54.8 Å². The average Bonchev–Trinajstić information content (AvgIpc) is 2.54. The number of aromatic carboxylic acids is 1. The number of benzene rings is 2. The molecule has 0 aliphatic rings. The van der Waals surface area contributed by atoms with Gasteiger partial charge in [0.05, 0.1) is 17.1 Å². The highest BCUT2D eigenvalue weighted by atomic mass is 32.2. The summed E-state index contributed by atoms with van der Waals surface area (Å²) in [6.45, 7) is 8.32. The summed E-state index contributed by atoms with van der Waals surface area (Å²) in [5, 5.41) is 8.91. The molecule has 0 aliphatic carbocycles. The first-order valence-electron chi connectivity index (χ1n) is 8.18. The standard InChI is InChI=1S/C19H23NO5S/c1-5-25-17-11-10-15(12-16(17)19(2,3)4)26(23,24)20-14-8-6-13(7-9-14)18(21)22/h6-12,20H,5H2,1-4H3,(H,21,22). The first-order chi connectivity index (χ1) is 12.0. The van der Waals surface area contributed by atoms with Gasteiger partial charge in [0, 0.05) is 11.3 Å². The van der Waals surface area contributed by atoms with Crippen LogP contribution < -0.4 is 9.46 Å². The number of carbonyl (C=O) groups is 1. The van der Waals surface area contributed by atoms with Gasteiger partial charge in [0.15, 0.2) is 0 Å². The minimum Gasteiger partial charge on any atom is -0.494 e. The number of anilines is 1. The fraction of sp³-hybridized carbons (Fsp3) is 0.316. The maximum atomic E-state index is 12.7. The fourth-order valence-corrected chi connectivity index (χ4v) is 3.52. The van der Waals surface area contributed by atoms with Crippen LogP contribution in [0.3, 0.4) is 0 Å². The number of nitrogens with one attached hydrogen (secondary N) is 1. The molecule has 6 nitrogen and oxygen atoms in total. The highest BCUT2D eigenvalue weighted by molar-refractivity contribution is 7.92. The second-order valence-corrected chi connectivity index (χ2v) is 8.51. The molecule has 7 heteroatoms. The smallest absolute Gasteiger partial charge is 0.335 e. The lowest BCUT2D eigenvalue weighted by Gasteiger charge is -2.23. The van der Waals surface area contributed by atoms with Crippen molar-refractivity contribution in [3.8, 4) is 5.75 Å². The van der Waals surface area contributed by atoms with Gasteiger partial charge in [-0.1, -0.05) is 20.8 Å². The maximum Gasteiger partial charge on any atom is 0.335 e. The molecule has 2 aromatic carbocycles. The van der Waals surface area contributed by atoms with Gasteiger partial charge in [-0.25, -0.2) is 13.2 Å². The SMILES string of the molecule is CCOc1ccc(S(=O)(=O)Nc2ccc(C(=O)O)cc2)cc1C(C)(C)C. The second-order valence-electron chi connectivity index (χ2n) is 6.83. The van der Waals surface area contributed by atoms with Gasteiger partial charge in [0.25, 0.3) is 10.0 Å². The monoisotopic (exact) mass is 377 g/mol. The van der Waals surface area contributed by atoms with Gasteiger partial charge in [0.1, 0.15) is 5.75 Å². The third kappa shape index (κ3) is 4.54. The van der Waals surface area contributed by atoms with Gasteiger partial charge in [-0.15, -0.1) is 0 Å². The lowest BCUT2D eigenvalue weighted by molar-refractivity contribution is 0.0697. The molecule has 26 heavy (non-hydrogen) atoms. The number of rotatable bonds is 6. The van der Waals surface area contributed by atoms with Crippen molar-refractivity contribution in [2.24, 2.45) is 0 Å². The third-order valence-corrected chi connectivity index (χ3v) is 5.13. The Bertz CT molecular complexity index is 897. The minimum absolute atomic E-state index is 0.0871. The van der Waals surface area contributed by atoms with E-state index in [-0.39, 0.29) is 15.9 Å². The van der Waals surface area contributed by atoms with Crippen LogP contribution in [0.25, 0.3) is 0 Å². The maximum absolute atomic E-state index is 12.7. The van der Waals surface area contributed by atoms with Crippen molar-refractivity contribution in [2.75, 3.05) is 11.3 Å². The summed E-state index contributed by atoms with van der Waals surface area (Å²) < 4.78 is 33.5. The van der Waals surface area contributed by atoms with E-state index in [1.807, 2.05) is 27.7 Å². The normalized spacial score (nSPS) is 11.8. The van der Waals surface area contributed by atoms with Crippen LogP contribution in [0.15, 0.2) is 47.4 Å². The largest absolute Gasteiger partial charge is 0.494 e. The molecule has 0 saturated carbocycles. The Kier molecular flexibility index (Phi) is 5.61. The van der Waals surface area contributed by atoms with Crippen LogP contribution in [-0.2, 0) is 15.4 Å². The van der Waals surface area contributed by atoms with Crippen molar-refractivity contribution in [3.05, 3.63) is 53.6 Å². The predicted octanol–water partition coefficient (Wildman–Crippen LogP) is 3.88. The molecule has 2 N–H and O–H groups in total. The van der Waals surface area contributed by atoms with E-state index in [9.17, 15) is 13.2 Å². The molecule has 0 saturated heterocycles. The summed E-state index contributed by atoms with van der Waals surface area (Å²) in [5.74, 6) is -0.412. The zero-order valence-electron chi connectivity index (χ0n) is 15.2. The van der Waals surface area contributed by atoms with Gasteiger partial charge < -0.3 is 9.84 Å². The molecule has 0 spiro atoms. The van der Waals surface area contributed by atoms with Gasteiger partial charge >= 0.3 is 5.97 Å². The van der Waals surface area contributed by atoms with E-state index in [0.717, 1.165) is 5.56 Å². The number of carboxylic acids is 1. The first kappa shape index (κ1) is 19.8. The van der Waals surface area contributed by atoms with E-state index in [1.165, 1.54) is 30.3 Å². The van der Waals surface area contributed by atoms with Gasteiger partial charge in [-0.2, -0.15) is 0 Å². The van der Waals surface area contributed by atoms with Gasteiger partial charge in [-0.3, -0.25) is 4.72 Å². The molecular weight excluding hydrogens is 354 g/mol. The number of hydrogen-bond acceptors (Lipinski definition) is 4. The van der Waals surface area contributed by atoms with E-state index < -0.39 is 16.0 Å². The highest BCUT2D eigenvalue weighted by Gasteiger charge is 2.23. The van der Waals surface area contributed by atoms with Crippen molar-refractivity contribution in [2.45, 2.75) is 38.0 Å². The second kappa shape index (κ2) is 7.37. The van der Waals surface area contributed by atoms with Gasteiger partial charge in [0.2, 0.25) is 0 Å². The zero-order chi connectivity index (χ0) is 19.5. The van der Waals surface area contributed by atoms with Crippen LogP contribution in [0.1, 0.15) is 43.6 Å². The highest BCUT2D eigenvalue weighted by Crippen LogP contribution is 2.33. The van der Waals surface area contributed by atoms with Crippen molar-refractivity contribution >= 4 is 21.7 Å². The van der Waals surface area contributed by atoms with Crippen molar-refractivity contribution in [1.82, 2.24) is 0 Å². The summed E-state index contributed by atoms with van der Waals surface area (Å²) in [5.41, 5.74) is 0.882. The van der Waals surface area contributed by atoms with E-state index in [1.54, 1.807) is 12.1 Å².